The number of piperidine rings is 1. The van der Waals surface area contributed by atoms with Crippen LogP contribution >= 0.6 is 11.3 Å². The van der Waals surface area contributed by atoms with Crippen molar-refractivity contribution < 1.29 is 0 Å². The zero-order valence-corrected chi connectivity index (χ0v) is 12.6. The molecular formula is C14H25N3S. The van der Waals surface area contributed by atoms with Crippen molar-refractivity contribution in [1.29, 1.82) is 0 Å². The molecule has 0 aliphatic carbocycles. The molecule has 1 aliphatic heterocycles. The summed E-state index contributed by atoms with van der Waals surface area (Å²) >= 11 is 1.71. The molecular weight excluding hydrogens is 242 g/mol. The molecule has 4 heteroatoms. The summed E-state index contributed by atoms with van der Waals surface area (Å²) in [5, 5.41) is 3.27. The van der Waals surface area contributed by atoms with Crippen LogP contribution < -0.4 is 5.73 Å². The van der Waals surface area contributed by atoms with Crippen LogP contribution in [-0.4, -0.2) is 34.6 Å². The van der Waals surface area contributed by atoms with E-state index in [-0.39, 0.29) is 11.6 Å². The normalized spacial score (nSPS) is 20.0. The SMILES string of the molecule is Cc1nc(CC(N)C(C)(C)N2CCCCC2)cs1. The zero-order valence-electron chi connectivity index (χ0n) is 11.8. The summed E-state index contributed by atoms with van der Waals surface area (Å²) in [4.78, 5) is 7.09. The highest BCUT2D eigenvalue weighted by Gasteiger charge is 2.34. The Hall–Kier alpha value is -0.450. The Morgan fingerprint density at radius 3 is 2.61 bits per heavy atom. The number of aromatic nitrogens is 1. The highest BCUT2D eigenvalue weighted by molar-refractivity contribution is 7.09. The van der Waals surface area contributed by atoms with Gasteiger partial charge in [0, 0.05) is 23.4 Å². The molecule has 1 unspecified atom stereocenters. The van der Waals surface area contributed by atoms with Crippen LogP contribution in [-0.2, 0) is 6.42 Å². The van der Waals surface area contributed by atoms with Crippen LogP contribution in [0.1, 0.15) is 43.8 Å². The average molecular weight is 267 g/mol. The first-order chi connectivity index (χ1) is 8.50. The third-order valence-corrected chi connectivity index (χ3v) is 5.00. The van der Waals surface area contributed by atoms with Gasteiger partial charge in [-0.05, 0) is 46.7 Å². The van der Waals surface area contributed by atoms with E-state index < -0.39 is 0 Å². The van der Waals surface area contributed by atoms with Crippen molar-refractivity contribution in [3.63, 3.8) is 0 Å². The fraction of sp³-hybridized carbons (Fsp3) is 0.786. The Morgan fingerprint density at radius 1 is 1.39 bits per heavy atom. The second kappa shape index (κ2) is 5.68. The second-order valence-corrected chi connectivity index (χ2v) is 6.93. The smallest absolute Gasteiger partial charge is 0.0897 e. The monoisotopic (exact) mass is 267 g/mol. The van der Waals surface area contributed by atoms with Gasteiger partial charge >= 0.3 is 0 Å². The van der Waals surface area contributed by atoms with Crippen molar-refractivity contribution >= 4 is 11.3 Å². The summed E-state index contributed by atoms with van der Waals surface area (Å²) in [6.07, 6.45) is 4.87. The highest BCUT2D eigenvalue weighted by Crippen LogP contribution is 2.25. The minimum atomic E-state index is 0.0674. The fourth-order valence-electron chi connectivity index (χ4n) is 2.68. The Balaban J connectivity index is 1.99. The van der Waals surface area contributed by atoms with Crippen LogP contribution in [0.4, 0.5) is 0 Å². The van der Waals surface area contributed by atoms with Gasteiger partial charge in [-0.1, -0.05) is 6.42 Å². The molecule has 0 radical (unpaired) electrons. The van der Waals surface area contributed by atoms with Crippen LogP contribution in [0.2, 0.25) is 0 Å². The quantitative estimate of drug-likeness (QED) is 0.911. The molecule has 18 heavy (non-hydrogen) atoms. The summed E-state index contributed by atoms with van der Waals surface area (Å²) in [6, 6.07) is 0.150. The van der Waals surface area contributed by atoms with Crippen molar-refractivity contribution in [3.8, 4) is 0 Å². The molecule has 1 aromatic rings. The molecule has 1 saturated heterocycles. The molecule has 1 fully saturated rings. The molecule has 1 aliphatic rings. The van der Waals surface area contributed by atoms with E-state index in [1.165, 1.54) is 32.4 Å². The molecule has 1 atom stereocenters. The van der Waals surface area contributed by atoms with Crippen molar-refractivity contribution in [2.75, 3.05) is 13.1 Å². The fourth-order valence-corrected chi connectivity index (χ4v) is 3.31. The van der Waals surface area contributed by atoms with E-state index in [0.29, 0.717) is 0 Å². The zero-order chi connectivity index (χ0) is 13.2. The molecule has 2 N–H and O–H groups in total. The van der Waals surface area contributed by atoms with Gasteiger partial charge in [-0.15, -0.1) is 11.3 Å². The topological polar surface area (TPSA) is 42.1 Å². The Bertz CT molecular complexity index is 380. The van der Waals surface area contributed by atoms with E-state index in [1.54, 1.807) is 11.3 Å². The first-order valence-corrected chi connectivity index (χ1v) is 7.80. The number of likely N-dealkylation sites (tertiary alicyclic amines) is 1. The maximum Gasteiger partial charge on any atom is 0.0897 e. The number of nitrogens with zero attached hydrogens (tertiary/aromatic N) is 2. The largest absolute Gasteiger partial charge is 0.326 e. The van der Waals surface area contributed by atoms with Gasteiger partial charge in [0.25, 0.3) is 0 Å². The van der Waals surface area contributed by atoms with Crippen molar-refractivity contribution in [2.24, 2.45) is 5.73 Å². The van der Waals surface area contributed by atoms with Gasteiger partial charge in [0.15, 0.2) is 0 Å². The van der Waals surface area contributed by atoms with E-state index in [0.717, 1.165) is 17.1 Å². The Morgan fingerprint density at radius 2 is 2.06 bits per heavy atom. The number of hydrogen-bond acceptors (Lipinski definition) is 4. The van der Waals surface area contributed by atoms with E-state index in [2.05, 4.69) is 36.0 Å². The van der Waals surface area contributed by atoms with Crippen LogP contribution in [0.5, 0.6) is 0 Å². The molecule has 0 amide bonds. The minimum Gasteiger partial charge on any atom is -0.326 e. The van der Waals surface area contributed by atoms with E-state index >= 15 is 0 Å². The first-order valence-electron chi connectivity index (χ1n) is 6.92. The van der Waals surface area contributed by atoms with E-state index in [9.17, 15) is 0 Å². The third-order valence-electron chi connectivity index (χ3n) is 4.17. The third kappa shape index (κ3) is 3.11. The molecule has 102 valence electrons. The van der Waals surface area contributed by atoms with Crippen molar-refractivity contribution in [3.05, 3.63) is 16.1 Å². The number of nitrogens with two attached hydrogens (primary N) is 1. The number of thiazole rings is 1. The molecule has 0 aromatic carbocycles. The number of rotatable bonds is 4. The summed E-state index contributed by atoms with van der Waals surface area (Å²) < 4.78 is 0. The summed E-state index contributed by atoms with van der Waals surface area (Å²) in [6.45, 7) is 8.99. The predicted octanol–water partition coefficient (Wildman–Crippen LogP) is 2.59. The minimum absolute atomic E-state index is 0.0674. The highest BCUT2D eigenvalue weighted by atomic mass is 32.1. The van der Waals surface area contributed by atoms with Gasteiger partial charge in [-0.25, -0.2) is 4.98 Å². The van der Waals surface area contributed by atoms with E-state index in [4.69, 9.17) is 5.73 Å². The molecule has 1 aromatic heterocycles. The second-order valence-electron chi connectivity index (χ2n) is 5.87. The first kappa shape index (κ1) is 14.0. The lowest BCUT2D eigenvalue weighted by Crippen LogP contribution is -2.58. The average Bonchev–Trinajstić information content (AvgIpc) is 2.76. The Labute approximate surface area is 114 Å². The summed E-state index contributed by atoms with van der Waals surface area (Å²) in [5.74, 6) is 0. The Kier molecular flexibility index (Phi) is 4.41. The molecule has 3 nitrogen and oxygen atoms in total. The predicted molar refractivity (Wildman–Crippen MR) is 78.0 cm³/mol. The van der Waals surface area contributed by atoms with Gasteiger partial charge in [0.1, 0.15) is 0 Å². The van der Waals surface area contributed by atoms with Gasteiger partial charge in [0.05, 0.1) is 10.7 Å². The molecule has 0 spiro atoms. The maximum atomic E-state index is 6.45. The lowest BCUT2D eigenvalue weighted by Gasteiger charge is -2.44. The lowest BCUT2D eigenvalue weighted by atomic mass is 9.88. The summed E-state index contributed by atoms with van der Waals surface area (Å²) in [7, 11) is 0. The van der Waals surface area contributed by atoms with Crippen molar-refractivity contribution in [1.82, 2.24) is 9.88 Å². The van der Waals surface area contributed by atoms with Gasteiger partial charge in [-0.2, -0.15) is 0 Å². The van der Waals surface area contributed by atoms with Crippen LogP contribution in [0, 0.1) is 6.92 Å². The van der Waals surface area contributed by atoms with Crippen LogP contribution in [0.25, 0.3) is 0 Å². The molecule has 2 heterocycles. The summed E-state index contributed by atoms with van der Waals surface area (Å²) in [5.41, 5.74) is 7.66. The van der Waals surface area contributed by atoms with Crippen molar-refractivity contribution in [2.45, 2.75) is 58.0 Å². The number of aryl methyl sites for hydroxylation is 1. The molecule has 0 saturated carbocycles. The molecule has 0 bridgehead atoms. The van der Waals surface area contributed by atoms with Gasteiger partial charge in [-0.3, -0.25) is 4.90 Å². The van der Waals surface area contributed by atoms with Crippen LogP contribution in [0.3, 0.4) is 0 Å². The van der Waals surface area contributed by atoms with Crippen LogP contribution in [0.15, 0.2) is 5.38 Å². The maximum absolute atomic E-state index is 6.45. The van der Waals surface area contributed by atoms with E-state index in [1.807, 2.05) is 0 Å². The standard InChI is InChI=1S/C14H25N3S/c1-11-16-12(10-18-11)9-13(15)14(2,3)17-7-5-4-6-8-17/h10,13H,4-9,15H2,1-3H3. The van der Waals surface area contributed by atoms with Gasteiger partial charge in [0.2, 0.25) is 0 Å². The molecule has 2 rings (SSSR count). The lowest BCUT2D eigenvalue weighted by molar-refractivity contribution is 0.0729. The number of hydrogen-bond donors (Lipinski definition) is 1. The van der Waals surface area contributed by atoms with Gasteiger partial charge < -0.3 is 5.73 Å².